The van der Waals surface area contributed by atoms with Crippen LogP contribution in [0.15, 0.2) is 12.7 Å². The van der Waals surface area contributed by atoms with Gasteiger partial charge in [-0.3, -0.25) is 4.79 Å². The number of likely N-dealkylation sites (tertiary alicyclic amines) is 1. The molecule has 130 valence electrons. The van der Waals surface area contributed by atoms with E-state index in [-0.39, 0.29) is 30.5 Å². The number of hydrogen-bond donors (Lipinski definition) is 2. The van der Waals surface area contributed by atoms with Gasteiger partial charge in [-0.25, -0.2) is 4.79 Å². The van der Waals surface area contributed by atoms with Crippen LogP contribution in [0.1, 0.15) is 44.9 Å². The first-order valence-electron chi connectivity index (χ1n) is 8.58. The zero-order valence-electron chi connectivity index (χ0n) is 13.7. The Kier molecular flexibility index (Phi) is 6.89. The van der Waals surface area contributed by atoms with Crippen molar-refractivity contribution in [2.75, 3.05) is 19.7 Å². The molecule has 23 heavy (non-hydrogen) atoms. The van der Waals surface area contributed by atoms with Gasteiger partial charge in [-0.1, -0.05) is 6.08 Å². The van der Waals surface area contributed by atoms with Crippen LogP contribution in [-0.2, 0) is 9.53 Å². The van der Waals surface area contributed by atoms with Gasteiger partial charge in [0.2, 0.25) is 0 Å². The number of ether oxygens (including phenoxy) is 1. The average Bonchev–Trinajstić information content (AvgIpc) is 2.54. The topological polar surface area (TPSA) is 78.9 Å². The number of carboxylic acid groups (broad SMARTS) is 1. The van der Waals surface area contributed by atoms with Crippen LogP contribution in [0.25, 0.3) is 0 Å². The summed E-state index contributed by atoms with van der Waals surface area (Å²) < 4.78 is 5.66. The van der Waals surface area contributed by atoms with E-state index in [1.165, 1.54) is 0 Å². The standard InChI is InChI=1S/C17H28N2O4/c1-2-10-23-15-4-3-9-19(12-15)17(22)18-14-7-5-13(6-8-14)11-16(20)21/h2,13-15H,1,3-12H2,(H,18,22)(H,20,21)/t13?,14?,15-/m0/s1. The minimum Gasteiger partial charge on any atom is -0.481 e. The molecule has 1 heterocycles. The molecule has 0 unspecified atom stereocenters. The van der Waals surface area contributed by atoms with Crippen molar-refractivity contribution < 1.29 is 19.4 Å². The molecule has 6 heteroatoms. The highest BCUT2D eigenvalue weighted by Gasteiger charge is 2.28. The fraction of sp³-hybridized carbons (Fsp3) is 0.765. The number of carbonyl (C=O) groups is 2. The summed E-state index contributed by atoms with van der Waals surface area (Å²) in [5.41, 5.74) is 0. The maximum atomic E-state index is 12.4. The third-order valence-electron chi connectivity index (χ3n) is 4.75. The van der Waals surface area contributed by atoms with E-state index in [1.54, 1.807) is 6.08 Å². The molecular formula is C17H28N2O4. The van der Waals surface area contributed by atoms with Gasteiger partial charge in [0.15, 0.2) is 0 Å². The van der Waals surface area contributed by atoms with Gasteiger partial charge in [0, 0.05) is 25.6 Å². The lowest BCUT2D eigenvalue weighted by molar-refractivity contribution is -0.138. The smallest absolute Gasteiger partial charge is 0.317 e. The number of carboxylic acids is 1. The molecule has 2 N–H and O–H groups in total. The number of rotatable bonds is 6. The summed E-state index contributed by atoms with van der Waals surface area (Å²) in [5.74, 6) is -0.469. The molecule has 0 aromatic rings. The van der Waals surface area contributed by atoms with Crippen molar-refractivity contribution in [1.29, 1.82) is 0 Å². The lowest BCUT2D eigenvalue weighted by Crippen LogP contribution is -2.51. The Morgan fingerprint density at radius 3 is 2.65 bits per heavy atom. The fourth-order valence-corrected chi connectivity index (χ4v) is 3.49. The first-order chi connectivity index (χ1) is 11.1. The zero-order valence-corrected chi connectivity index (χ0v) is 13.7. The minimum atomic E-state index is -0.726. The van der Waals surface area contributed by atoms with Crippen molar-refractivity contribution in [1.82, 2.24) is 10.2 Å². The molecule has 2 amide bonds. The first kappa shape index (κ1) is 17.8. The van der Waals surface area contributed by atoms with Gasteiger partial charge < -0.3 is 20.1 Å². The number of piperidine rings is 1. The van der Waals surface area contributed by atoms with E-state index in [0.717, 1.165) is 45.1 Å². The quantitative estimate of drug-likeness (QED) is 0.735. The molecule has 2 aliphatic rings. The minimum absolute atomic E-state index is 0.0152. The van der Waals surface area contributed by atoms with Crippen LogP contribution in [0.5, 0.6) is 0 Å². The summed E-state index contributed by atoms with van der Waals surface area (Å²) in [7, 11) is 0. The van der Waals surface area contributed by atoms with Crippen LogP contribution in [0, 0.1) is 5.92 Å². The zero-order chi connectivity index (χ0) is 16.7. The van der Waals surface area contributed by atoms with Gasteiger partial charge in [-0.15, -0.1) is 6.58 Å². The van der Waals surface area contributed by atoms with E-state index >= 15 is 0 Å². The van der Waals surface area contributed by atoms with Crippen LogP contribution >= 0.6 is 0 Å². The second-order valence-corrected chi connectivity index (χ2v) is 6.60. The largest absolute Gasteiger partial charge is 0.481 e. The number of hydrogen-bond acceptors (Lipinski definition) is 3. The Morgan fingerprint density at radius 1 is 1.26 bits per heavy atom. The number of urea groups is 1. The summed E-state index contributed by atoms with van der Waals surface area (Å²) >= 11 is 0. The molecule has 2 fully saturated rings. The van der Waals surface area contributed by atoms with Gasteiger partial charge in [-0.2, -0.15) is 0 Å². The number of aliphatic carboxylic acids is 1. The number of carbonyl (C=O) groups excluding carboxylic acids is 1. The Balaban J connectivity index is 1.72. The van der Waals surface area contributed by atoms with Crippen LogP contribution in [-0.4, -0.2) is 53.8 Å². The highest BCUT2D eigenvalue weighted by molar-refractivity contribution is 5.74. The second kappa shape index (κ2) is 8.91. The number of amides is 2. The monoisotopic (exact) mass is 324 g/mol. The van der Waals surface area contributed by atoms with E-state index in [0.29, 0.717) is 13.2 Å². The second-order valence-electron chi connectivity index (χ2n) is 6.60. The van der Waals surface area contributed by atoms with Gasteiger partial charge in [0.25, 0.3) is 0 Å². The summed E-state index contributed by atoms with van der Waals surface area (Å²) in [4.78, 5) is 25.0. The van der Waals surface area contributed by atoms with Crippen molar-refractivity contribution in [3.05, 3.63) is 12.7 Å². The number of nitrogens with zero attached hydrogens (tertiary/aromatic N) is 1. The van der Waals surface area contributed by atoms with E-state index in [1.807, 2.05) is 4.90 Å². The highest BCUT2D eigenvalue weighted by atomic mass is 16.5. The lowest BCUT2D eigenvalue weighted by Gasteiger charge is -2.35. The van der Waals surface area contributed by atoms with E-state index in [2.05, 4.69) is 11.9 Å². The molecule has 0 aromatic heterocycles. The molecule has 1 atom stereocenters. The van der Waals surface area contributed by atoms with Crippen molar-refractivity contribution in [3.63, 3.8) is 0 Å². The summed E-state index contributed by atoms with van der Waals surface area (Å²) in [6, 6.07) is 0.153. The van der Waals surface area contributed by atoms with Crippen LogP contribution < -0.4 is 5.32 Å². The average molecular weight is 324 g/mol. The predicted octanol–water partition coefficient (Wildman–Crippen LogP) is 2.40. The Morgan fingerprint density at radius 2 is 2.00 bits per heavy atom. The SMILES string of the molecule is C=CCO[C@H]1CCCN(C(=O)NC2CCC(CC(=O)O)CC2)C1. The van der Waals surface area contributed by atoms with Crippen molar-refractivity contribution >= 4 is 12.0 Å². The predicted molar refractivity (Wildman–Crippen MR) is 87.3 cm³/mol. The molecule has 0 radical (unpaired) electrons. The highest BCUT2D eigenvalue weighted by Crippen LogP contribution is 2.27. The van der Waals surface area contributed by atoms with Gasteiger partial charge in [0.1, 0.15) is 0 Å². The first-order valence-corrected chi connectivity index (χ1v) is 8.58. The summed E-state index contributed by atoms with van der Waals surface area (Å²) in [5, 5.41) is 11.9. The molecule has 1 saturated heterocycles. The molecule has 0 spiro atoms. The normalized spacial score (nSPS) is 28.2. The molecule has 0 aromatic carbocycles. The van der Waals surface area contributed by atoms with Crippen molar-refractivity contribution in [2.24, 2.45) is 5.92 Å². The molecule has 0 bridgehead atoms. The van der Waals surface area contributed by atoms with E-state index < -0.39 is 5.97 Å². The van der Waals surface area contributed by atoms with Crippen LogP contribution in [0.3, 0.4) is 0 Å². The molecule has 1 aliphatic heterocycles. The Hall–Kier alpha value is -1.56. The molecule has 2 rings (SSSR count). The van der Waals surface area contributed by atoms with Crippen molar-refractivity contribution in [2.45, 2.75) is 57.1 Å². The third kappa shape index (κ3) is 5.86. The lowest BCUT2D eigenvalue weighted by atomic mass is 9.84. The number of nitrogens with one attached hydrogen (secondary N) is 1. The Bertz CT molecular complexity index is 419. The third-order valence-corrected chi connectivity index (χ3v) is 4.75. The van der Waals surface area contributed by atoms with E-state index in [9.17, 15) is 9.59 Å². The van der Waals surface area contributed by atoms with Crippen LogP contribution in [0.4, 0.5) is 4.79 Å². The van der Waals surface area contributed by atoms with E-state index in [4.69, 9.17) is 9.84 Å². The maximum Gasteiger partial charge on any atom is 0.317 e. The Labute approximate surface area is 137 Å². The summed E-state index contributed by atoms with van der Waals surface area (Å²) in [6.07, 6.45) is 7.51. The fourth-order valence-electron chi connectivity index (χ4n) is 3.49. The van der Waals surface area contributed by atoms with Gasteiger partial charge in [-0.05, 0) is 44.4 Å². The summed E-state index contributed by atoms with van der Waals surface area (Å²) in [6.45, 7) is 5.57. The van der Waals surface area contributed by atoms with Crippen LogP contribution in [0.2, 0.25) is 0 Å². The van der Waals surface area contributed by atoms with Gasteiger partial charge in [0.05, 0.1) is 12.7 Å². The molecular weight excluding hydrogens is 296 g/mol. The molecule has 6 nitrogen and oxygen atoms in total. The molecule has 1 aliphatic carbocycles. The molecule has 1 saturated carbocycles. The van der Waals surface area contributed by atoms with Gasteiger partial charge >= 0.3 is 12.0 Å². The van der Waals surface area contributed by atoms with Crippen molar-refractivity contribution in [3.8, 4) is 0 Å². The maximum absolute atomic E-state index is 12.4.